The number of rotatable bonds is 2. The van der Waals surface area contributed by atoms with Crippen molar-refractivity contribution < 1.29 is 9.53 Å². The molecule has 5 heteroatoms. The molecule has 1 aromatic heterocycles. The van der Waals surface area contributed by atoms with Crippen molar-refractivity contribution in [1.82, 2.24) is 9.99 Å². The van der Waals surface area contributed by atoms with Crippen molar-refractivity contribution in [2.24, 2.45) is 12.1 Å². The van der Waals surface area contributed by atoms with E-state index in [1.54, 1.807) is 6.21 Å². The average molecular weight is 245 g/mol. The first-order valence-electron chi connectivity index (χ1n) is 5.56. The number of aryl methyl sites for hydroxylation is 1. The normalized spacial score (nSPS) is 11.1. The van der Waals surface area contributed by atoms with Crippen molar-refractivity contribution in [2.45, 2.75) is 6.92 Å². The first-order valence-corrected chi connectivity index (χ1v) is 5.56. The van der Waals surface area contributed by atoms with Gasteiger partial charge in [0.05, 0.1) is 13.3 Å². The number of nitrogens with one attached hydrogen (secondary N) is 1. The van der Waals surface area contributed by atoms with E-state index in [0.717, 1.165) is 22.2 Å². The summed E-state index contributed by atoms with van der Waals surface area (Å²) in [4.78, 5) is 10.9. The Morgan fingerprint density at radius 3 is 2.89 bits per heavy atom. The van der Waals surface area contributed by atoms with Gasteiger partial charge in [0.1, 0.15) is 0 Å². The quantitative estimate of drug-likeness (QED) is 0.651. The molecule has 2 aromatic rings. The van der Waals surface area contributed by atoms with Crippen LogP contribution in [0.4, 0.5) is 4.79 Å². The van der Waals surface area contributed by atoms with Crippen LogP contribution in [0.5, 0.6) is 0 Å². The summed E-state index contributed by atoms with van der Waals surface area (Å²) in [6.07, 6.45) is 1.05. The van der Waals surface area contributed by atoms with E-state index in [-0.39, 0.29) is 0 Å². The zero-order chi connectivity index (χ0) is 13.1. The molecule has 1 N–H and O–H groups in total. The lowest BCUT2D eigenvalue weighted by Gasteiger charge is -1.98. The van der Waals surface area contributed by atoms with Crippen LogP contribution in [0, 0.1) is 6.92 Å². The van der Waals surface area contributed by atoms with Crippen LogP contribution in [-0.4, -0.2) is 24.0 Å². The number of carbonyl (C=O) groups excluding carboxylic acids is 1. The number of hydrogen-bond donors (Lipinski definition) is 1. The Bertz CT molecular complexity index is 614. The minimum atomic E-state index is -0.580. The lowest BCUT2D eigenvalue weighted by Crippen LogP contribution is -2.16. The van der Waals surface area contributed by atoms with Crippen LogP contribution in [0.1, 0.15) is 11.3 Å². The van der Waals surface area contributed by atoms with Crippen LogP contribution in [0.3, 0.4) is 0 Å². The molecule has 1 aromatic carbocycles. The van der Waals surface area contributed by atoms with Gasteiger partial charge in [0.25, 0.3) is 0 Å². The molecule has 1 amide bonds. The third-order valence-electron chi connectivity index (χ3n) is 2.98. The van der Waals surface area contributed by atoms with Crippen molar-refractivity contribution >= 4 is 23.2 Å². The number of para-hydroxylation sites is 1. The Hall–Kier alpha value is -2.30. The second-order valence-electron chi connectivity index (χ2n) is 3.94. The molecule has 0 fully saturated rings. The van der Waals surface area contributed by atoms with Gasteiger partial charge in [0.15, 0.2) is 0 Å². The first-order chi connectivity index (χ1) is 8.65. The summed E-state index contributed by atoms with van der Waals surface area (Å²) >= 11 is 0. The highest BCUT2D eigenvalue weighted by Crippen LogP contribution is 2.22. The monoisotopic (exact) mass is 245 g/mol. The molecular formula is C13H15N3O2. The van der Waals surface area contributed by atoms with Crippen molar-refractivity contribution in [3.05, 3.63) is 35.5 Å². The molecular weight excluding hydrogens is 230 g/mol. The molecule has 0 radical (unpaired) electrons. The summed E-state index contributed by atoms with van der Waals surface area (Å²) in [7, 11) is 3.30. The smallest absolute Gasteiger partial charge is 0.427 e. The second kappa shape index (κ2) is 4.91. The Balaban J connectivity index is 2.39. The molecule has 0 aliphatic heterocycles. The van der Waals surface area contributed by atoms with Crippen LogP contribution in [0.15, 0.2) is 29.4 Å². The van der Waals surface area contributed by atoms with Crippen LogP contribution in [0.2, 0.25) is 0 Å². The molecule has 5 nitrogen and oxygen atoms in total. The van der Waals surface area contributed by atoms with E-state index in [0.29, 0.717) is 0 Å². The van der Waals surface area contributed by atoms with Crippen LogP contribution < -0.4 is 5.43 Å². The zero-order valence-electron chi connectivity index (χ0n) is 10.6. The van der Waals surface area contributed by atoms with Crippen LogP contribution in [0.25, 0.3) is 10.9 Å². The molecule has 0 aliphatic carbocycles. The number of carbonyl (C=O) groups is 1. The van der Waals surface area contributed by atoms with E-state index in [2.05, 4.69) is 19.8 Å². The molecule has 0 saturated heterocycles. The number of nitrogens with zero attached hydrogens (tertiary/aromatic N) is 2. The largest absolute Gasteiger partial charge is 0.452 e. The van der Waals surface area contributed by atoms with Crippen molar-refractivity contribution in [3.8, 4) is 0 Å². The Labute approximate surface area is 105 Å². The van der Waals surface area contributed by atoms with Gasteiger partial charge in [-0.2, -0.15) is 5.10 Å². The third kappa shape index (κ3) is 2.07. The predicted octanol–water partition coefficient (Wildman–Crippen LogP) is 2.18. The fourth-order valence-electron chi connectivity index (χ4n) is 1.91. The highest BCUT2D eigenvalue weighted by atomic mass is 16.5. The second-order valence-corrected chi connectivity index (χ2v) is 3.94. The van der Waals surface area contributed by atoms with Gasteiger partial charge in [-0.3, -0.25) is 0 Å². The molecule has 0 spiro atoms. The number of aromatic nitrogens is 1. The minimum Gasteiger partial charge on any atom is -0.452 e. The Morgan fingerprint density at radius 2 is 2.17 bits per heavy atom. The van der Waals surface area contributed by atoms with E-state index in [4.69, 9.17) is 0 Å². The highest BCUT2D eigenvalue weighted by Gasteiger charge is 2.09. The number of fused-ring (bicyclic) bond motifs is 1. The van der Waals surface area contributed by atoms with Crippen molar-refractivity contribution in [2.75, 3.05) is 7.11 Å². The fraction of sp³-hybridized carbons (Fsp3) is 0.231. The third-order valence-corrected chi connectivity index (χ3v) is 2.98. The van der Waals surface area contributed by atoms with Crippen LogP contribution in [-0.2, 0) is 11.8 Å². The molecule has 1 heterocycles. The minimum absolute atomic E-state index is 0.580. The fourth-order valence-corrected chi connectivity index (χ4v) is 1.91. The van der Waals surface area contributed by atoms with Gasteiger partial charge < -0.3 is 9.30 Å². The summed E-state index contributed by atoms with van der Waals surface area (Å²) in [5, 5.41) is 4.98. The molecule has 94 valence electrons. The van der Waals surface area contributed by atoms with Gasteiger partial charge in [0.2, 0.25) is 0 Å². The topological polar surface area (TPSA) is 55.6 Å². The maximum Gasteiger partial charge on any atom is 0.427 e. The van der Waals surface area contributed by atoms with Gasteiger partial charge in [-0.05, 0) is 13.0 Å². The maximum absolute atomic E-state index is 10.9. The van der Waals surface area contributed by atoms with Crippen molar-refractivity contribution in [1.29, 1.82) is 0 Å². The van der Waals surface area contributed by atoms with Crippen molar-refractivity contribution in [3.63, 3.8) is 0 Å². The molecule has 0 aliphatic rings. The maximum atomic E-state index is 10.9. The molecule has 2 rings (SSSR count). The Morgan fingerprint density at radius 1 is 1.44 bits per heavy atom. The van der Waals surface area contributed by atoms with Gasteiger partial charge >= 0.3 is 6.09 Å². The van der Waals surface area contributed by atoms with Gasteiger partial charge in [0, 0.05) is 29.2 Å². The number of benzene rings is 1. The van der Waals surface area contributed by atoms with Gasteiger partial charge in [-0.15, -0.1) is 0 Å². The standard InChI is InChI=1S/C13H15N3O2/c1-9-11(8-14-15-13(17)18-3)10-6-4-5-7-12(10)16(9)2/h4-8H,1-3H3,(H,15,17)/b14-8+. The van der Waals surface area contributed by atoms with Crippen LogP contribution >= 0.6 is 0 Å². The number of hydrazone groups is 1. The highest BCUT2D eigenvalue weighted by molar-refractivity contribution is 6.01. The van der Waals surface area contributed by atoms with Gasteiger partial charge in [-0.25, -0.2) is 10.2 Å². The SMILES string of the molecule is COC(=O)N/N=C/c1c(C)n(C)c2ccccc12. The molecule has 18 heavy (non-hydrogen) atoms. The van der Waals surface area contributed by atoms with E-state index in [1.807, 2.05) is 38.2 Å². The van der Waals surface area contributed by atoms with E-state index < -0.39 is 6.09 Å². The summed E-state index contributed by atoms with van der Waals surface area (Å²) in [6, 6.07) is 8.05. The molecule has 0 atom stereocenters. The number of amides is 1. The molecule has 0 bridgehead atoms. The summed E-state index contributed by atoms with van der Waals surface area (Å²) in [5.74, 6) is 0. The first kappa shape index (κ1) is 12.2. The van der Waals surface area contributed by atoms with E-state index in [1.165, 1.54) is 7.11 Å². The number of hydrogen-bond acceptors (Lipinski definition) is 3. The lowest BCUT2D eigenvalue weighted by molar-refractivity contribution is 0.171. The Kier molecular flexibility index (Phi) is 3.32. The number of methoxy groups -OCH3 is 1. The predicted molar refractivity (Wildman–Crippen MR) is 70.8 cm³/mol. The summed E-state index contributed by atoms with van der Waals surface area (Å²) in [6.45, 7) is 2.01. The molecule has 0 unspecified atom stereocenters. The summed E-state index contributed by atoms with van der Waals surface area (Å²) < 4.78 is 6.53. The van der Waals surface area contributed by atoms with E-state index >= 15 is 0 Å². The summed E-state index contributed by atoms with van der Waals surface area (Å²) in [5.41, 5.74) is 5.49. The molecule has 0 saturated carbocycles. The van der Waals surface area contributed by atoms with Gasteiger partial charge in [-0.1, -0.05) is 18.2 Å². The zero-order valence-corrected chi connectivity index (χ0v) is 10.6. The van der Waals surface area contributed by atoms with E-state index in [9.17, 15) is 4.79 Å². The lowest BCUT2D eigenvalue weighted by atomic mass is 10.1. The number of ether oxygens (including phenoxy) is 1. The average Bonchev–Trinajstić information content (AvgIpc) is 2.64.